The van der Waals surface area contributed by atoms with Crippen LogP contribution in [-0.4, -0.2) is 60.3 Å². The summed E-state index contributed by atoms with van der Waals surface area (Å²) in [7, 11) is 0. The molecule has 3 heteroatoms. The molecule has 0 aromatic heterocycles. The molecule has 0 rings (SSSR count). The lowest BCUT2D eigenvalue weighted by molar-refractivity contribution is 0.0457. The second kappa shape index (κ2) is 9.73. The topological polar surface area (TPSA) is 26.7 Å². The van der Waals surface area contributed by atoms with E-state index in [1.54, 1.807) is 0 Å². The average molecular weight is 272 g/mol. The summed E-state index contributed by atoms with van der Waals surface area (Å²) < 4.78 is 0. The molecule has 0 aliphatic heterocycles. The second-order valence-corrected chi connectivity index (χ2v) is 6.49. The lowest BCUT2D eigenvalue weighted by atomic mass is 9.87. The van der Waals surface area contributed by atoms with E-state index in [9.17, 15) is 5.11 Å². The molecule has 19 heavy (non-hydrogen) atoms. The molecule has 0 spiro atoms. The van der Waals surface area contributed by atoms with Gasteiger partial charge in [-0.1, -0.05) is 41.5 Å². The molecule has 1 N–H and O–H groups in total. The van der Waals surface area contributed by atoms with Crippen molar-refractivity contribution in [2.24, 2.45) is 5.41 Å². The zero-order valence-electron chi connectivity index (χ0n) is 14.1. The number of rotatable bonds is 10. The van der Waals surface area contributed by atoms with Gasteiger partial charge in [-0.3, -0.25) is 0 Å². The van der Waals surface area contributed by atoms with Crippen LogP contribution in [0, 0.1) is 5.41 Å². The summed E-state index contributed by atoms with van der Waals surface area (Å²) in [6.07, 6.45) is 1.90. The zero-order valence-corrected chi connectivity index (χ0v) is 14.1. The Morgan fingerprint density at radius 1 is 0.842 bits per heavy atom. The maximum atomic E-state index is 10.1. The number of aliphatic hydroxyl groups is 1. The molecule has 116 valence electrons. The molecule has 0 aliphatic rings. The van der Waals surface area contributed by atoms with Crippen LogP contribution in [0.1, 0.15) is 54.4 Å². The minimum absolute atomic E-state index is 0.000627. The van der Waals surface area contributed by atoms with Crippen molar-refractivity contribution in [3.63, 3.8) is 0 Å². The van der Waals surface area contributed by atoms with Crippen LogP contribution in [0.4, 0.5) is 0 Å². The van der Waals surface area contributed by atoms with Crippen molar-refractivity contribution in [1.29, 1.82) is 0 Å². The first-order chi connectivity index (χ1) is 8.85. The molecule has 0 aromatic carbocycles. The standard InChI is InChI=1S/C16H36N2O/c1-7-17(8-2)12-10-13-18(9-3)14-11-15(19)16(4,5)6/h15,19H,7-14H2,1-6H3. The van der Waals surface area contributed by atoms with Crippen LogP contribution in [0.15, 0.2) is 0 Å². The van der Waals surface area contributed by atoms with E-state index in [-0.39, 0.29) is 11.5 Å². The van der Waals surface area contributed by atoms with Crippen LogP contribution in [0.3, 0.4) is 0 Å². The molecule has 0 saturated heterocycles. The van der Waals surface area contributed by atoms with Gasteiger partial charge in [-0.2, -0.15) is 0 Å². The summed E-state index contributed by atoms with van der Waals surface area (Å²) in [6, 6.07) is 0. The van der Waals surface area contributed by atoms with Gasteiger partial charge in [-0.25, -0.2) is 0 Å². The Balaban J connectivity index is 3.89. The molecule has 0 fully saturated rings. The molecule has 0 aliphatic carbocycles. The van der Waals surface area contributed by atoms with Gasteiger partial charge in [0.05, 0.1) is 6.10 Å². The fraction of sp³-hybridized carbons (Fsp3) is 1.00. The Labute approximate surface area is 121 Å². The van der Waals surface area contributed by atoms with E-state index in [0.717, 1.165) is 39.1 Å². The van der Waals surface area contributed by atoms with Gasteiger partial charge in [0, 0.05) is 6.54 Å². The first-order valence-corrected chi connectivity index (χ1v) is 7.97. The largest absolute Gasteiger partial charge is 0.393 e. The van der Waals surface area contributed by atoms with E-state index < -0.39 is 0 Å². The highest BCUT2D eigenvalue weighted by molar-refractivity contribution is 4.74. The van der Waals surface area contributed by atoms with E-state index in [4.69, 9.17) is 0 Å². The van der Waals surface area contributed by atoms with Crippen LogP contribution in [0.25, 0.3) is 0 Å². The number of nitrogens with zero attached hydrogens (tertiary/aromatic N) is 2. The van der Waals surface area contributed by atoms with Crippen molar-refractivity contribution in [3.05, 3.63) is 0 Å². The molecule has 0 aromatic rings. The van der Waals surface area contributed by atoms with Gasteiger partial charge in [0.1, 0.15) is 0 Å². The number of hydrogen-bond donors (Lipinski definition) is 1. The summed E-state index contributed by atoms with van der Waals surface area (Å²) in [4.78, 5) is 4.93. The summed E-state index contributed by atoms with van der Waals surface area (Å²) >= 11 is 0. The van der Waals surface area contributed by atoms with Crippen molar-refractivity contribution in [1.82, 2.24) is 9.80 Å². The van der Waals surface area contributed by atoms with Crippen LogP contribution >= 0.6 is 0 Å². The highest BCUT2D eigenvalue weighted by atomic mass is 16.3. The Hall–Kier alpha value is -0.120. The number of hydrogen-bond acceptors (Lipinski definition) is 3. The Morgan fingerprint density at radius 3 is 1.74 bits per heavy atom. The van der Waals surface area contributed by atoms with E-state index in [1.165, 1.54) is 13.0 Å². The van der Waals surface area contributed by atoms with E-state index in [2.05, 4.69) is 51.3 Å². The van der Waals surface area contributed by atoms with Gasteiger partial charge >= 0.3 is 0 Å². The predicted molar refractivity (Wildman–Crippen MR) is 84.6 cm³/mol. The van der Waals surface area contributed by atoms with Crippen molar-refractivity contribution >= 4 is 0 Å². The normalized spacial score (nSPS) is 14.4. The fourth-order valence-corrected chi connectivity index (χ4v) is 2.22. The maximum absolute atomic E-state index is 10.1. The van der Waals surface area contributed by atoms with Gasteiger partial charge in [0.2, 0.25) is 0 Å². The van der Waals surface area contributed by atoms with Crippen LogP contribution in [0.5, 0.6) is 0 Å². The second-order valence-electron chi connectivity index (χ2n) is 6.49. The first kappa shape index (κ1) is 18.9. The van der Waals surface area contributed by atoms with Gasteiger partial charge in [0.25, 0.3) is 0 Å². The lowest BCUT2D eigenvalue weighted by Crippen LogP contribution is -2.34. The third-order valence-electron chi connectivity index (χ3n) is 4.01. The molecule has 0 radical (unpaired) electrons. The molecular formula is C16H36N2O. The highest BCUT2D eigenvalue weighted by Gasteiger charge is 2.22. The zero-order chi connectivity index (χ0) is 14.9. The van der Waals surface area contributed by atoms with Gasteiger partial charge < -0.3 is 14.9 Å². The third-order valence-corrected chi connectivity index (χ3v) is 4.01. The van der Waals surface area contributed by atoms with E-state index in [1.807, 2.05) is 0 Å². The summed E-state index contributed by atoms with van der Waals surface area (Å²) in [5.41, 5.74) is 0.000627. The monoisotopic (exact) mass is 272 g/mol. The van der Waals surface area contributed by atoms with E-state index >= 15 is 0 Å². The maximum Gasteiger partial charge on any atom is 0.0600 e. The van der Waals surface area contributed by atoms with Crippen molar-refractivity contribution in [2.75, 3.05) is 39.3 Å². The molecule has 0 bridgehead atoms. The van der Waals surface area contributed by atoms with Crippen molar-refractivity contribution in [2.45, 2.75) is 60.5 Å². The fourth-order valence-electron chi connectivity index (χ4n) is 2.22. The minimum Gasteiger partial charge on any atom is -0.393 e. The highest BCUT2D eigenvalue weighted by Crippen LogP contribution is 2.21. The van der Waals surface area contributed by atoms with Gasteiger partial charge in [-0.05, 0) is 51.0 Å². The summed E-state index contributed by atoms with van der Waals surface area (Å²) in [6.45, 7) is 19.7. The third kappa shape index (κ3) is 8.61. The Kier molecular flexibility index (Phi) is 9.67. The van der Waals surface area contributed by atoms with Gasteiger partial charge in [-0.15, -0.1) is 0 Å². The molecule has 1 unspecified atom stereocenters. The van der Waals surface area contributed by atoms with Gasteiger partial charge in [0.15, 0.2) is 0 Å². The number of aliphatic hydroxyl groups excluding tert-OH is 1. The smallest absolute Gasteiger partial charge is 0.0600 e. The van der Waals surface area contributed by atoms with Crippen LogP contribution < -0.4 is 0 Å². The van der Waals surface area contributed by atoms with Crippen molar-refractivity contribution < 1.29 is 5.11 Å². The molecule has 0 saturated carbocycles. The van der Waals surface area contributed by atoms with Crippen LogP contribution in [-0.2, 0) is 0 Å². The molecule has 1 atom stereocenters. The van der Waals surface area contributed by atoms with E-state index in [0.29, 0.717) is 0 Å². The predicted octanol–water partition coefficient (Wildman–Crippen LogP) is 2.84. The summed E-state index contributed by atoms with van der Waals surface area (Å²) in [5.74, 6) is 0. The molecule has 0 heterocycles. The Morgan fingerprint density at radius 2 is 1.32 bits per heavy atom. The lowest BCUT2D eigenvalue weighted by Gasteiger charge is -2.29. The SMILES string of the molecule is CCN(CC)CCCN(CC)CCC(O)C(C)(C)C. The van der Waals surface area contributed by atoms with Crippen molar-refractivity contribution in [3.8, 4) is 0 Å². The van der Waals surface area contributed by atoms with Crippen LogP contribution in [0.2, 0.25) is 0 Å². The first-order valence-electron chi connectivity index (χ1n) is 7.97. The quantitative estimate of drug-likeness (QED) is 0.662. The molecule has 3 nitrogen and oxygen atoms in total. The average Bonchev–Trinajstić information content (AvgIpc) is 2.36. The molecule has 0 amide bonds. The molecular weight excluding hydrogens is 236 g/mol. The summed E-state index contributed by atoms with van der Waals surface area (Å²) in [5, 5.41) is 10.1. The minimum atomic E-state index is -0.204. The Bertz CT molecular complexity index is 209.